The molecule has 0 aliphatic rings. The van der Waals surface area contributed by atoms with Crippen molar-refractivity contribution in [2.45, 2.75) is 12.8 Å². The van der Waals surface area contributed by atoms with Crippen molar-refractivity contribution < 1.29 is 8.42 Å². The monoisotopic (exact) mass is 132 g/mol. The van der Waals surface area contributed by atoms with Crippen LogP contribution in [-0.2, 0) is 10.3 Å². The number of rotatable bonds is 2. The lowest BCUT2D eigenvalue weighted by atomic mass is 10.3. The summed E-state index contributed by atoms with van der Waals surface area (Å²) in [5.74, 6) is 0. The molecule has 0 spiro atoms. The zero-order valence-corrected chi connectivity index (χ0v) is 5.37. The first kappa shape index (κ1) is 7.56. The lowest BCUT2D eigenvalue weighted by molar-refractivity contribution is 0.626. The third-order valence-electron chi connectivity index (χ3n) is 0.793. The molecule has 0 rings (SSSR count). The lowest BCUT2D eigenvalue weighted by Crippen LogP contribution is -1.93. The molecule has 2 nitrogen and oxygen atoms in total. The van der Waals surface area contributed by atoms with Crippen LogP contribution in [0.25, 0.3) is 0 Å². The Kier molecular flexibility index (Phi) is 3.35. The van der Waals surface area contributed by atoms with E-state index in [1.54, 1.807) is 0 Å². The second kappa shape index (κ2) is 3.55. The first-order valence-corrected chi connectivity index (χ1v) is 3.32. The van der Waals surface area contributed by atoms with Crippen molar-refractivity contribution in [2.75, 3.05) is 0 Å². The Labute approximate surface area is 51.1 Å². The highest BCUT2D eigenvalue weighted by Gasteiger charge is 1.91. The van der Waals surface area contributed by atoms with E-state index >= 15 is 0 Å². The highest BCUT2D eigenvalue weighted by Crippen LogP contribution is 1.85. The molecule has 0 N–H and O–H groups in total. The molecule has 0 saturated carbocycles. The predicted molar refractivity (Wildman–Crippen MR) is 33.9 cm³/mol. The molecule has 0 amide bonds. The van der Waals surface area contributed by atoms with Gasteiger partial charge in [0.25, 0.3) is 0 Å². The Bertz CT molecular complexity index is 163. The zero-order chi connectivity index (χ0) is 6.57. The van der Waals surface area contributed by atoms with Crippen LogP contribution in [0.2, 0.25) is 0 Å². The smallest absolute Gasteiger partial charge is 0.214 e. The van der Waals surface area contributed by atoms with Crippen LogP contribution >= 0.6 is 0 Å². The average Bonchev–Trinajstić information content (AvgIpc) is 1.69. The van der Waals surface area contributed by atoms with Gasteiger partial charge in [0.05, 0.1) is 11.8 Å². The van der Waals surface area contributed by atoms with E-state index in [0.717, 1.165) is 0 Å². The van der Waals surface area contributed by atoms with Gasteiger partial charge >= 0.3 is 0 Å². The Balaban J connectivity index is 4.34. The van der Waals surface area contributed by atoms with Crippen LogP contribution in [-0.4, -0.2) is 13.3 Å². The predicted octanol–water partition coefficient (Wildman–Crippen LogP) is 0.486. The maximum Gasteiger partial charge on any atom is 0.214 e. The van der Waals surface area contributed by atoms with Crippen molar-refractivity contribution >= 4 is 15.2 Å². The summed E-state index contributed by atoms with van der Waals surface area (Å²) in [6.45, 7) is 6.82. The van der Waals surface area contributed by atoms with Gasteiger partial charge in [0.15, 0.2) is 0 Å². The summed E-state index contributed by atoms with van der Waals surface area (Å²) in [6, 6.07) is 0. The van der Waals surface area contributed by atoms with E-state index in [1.807, 2.05) is 0 Å². The third kappa shape index (κ3) is 2.02. The molecule has 0 aromatic heterocycles. The normalized spacial score (nSPS) is 8.62. The highest BCUT2D eigenvalue weighted by atomic mass is 32.2. The topological polar surface area (TPSA) is 34.1 Å². The summed E-state index contributed by atoms with van der Waals surface area (Å²) >= 11 is 0. The summed E-state index contributed by atoms with van der Waals surface area (Å²) in [7, 11) is -2.06. The van der Waals surface area contributed by atoms with Crippen LogP contribution in [0.4, 0.5) is 0 Å². The van der Waals surface area contributed by atoms with E-state index in [1.165, 1.54) is 0 Å². The molecule has 0 heterocycles. The van der Waals surface area contributed by atoms with E-state index in [0.29, 0.717) is 17.7 Å². The van der Waals surface area contributed by atoms with E-state index in [9.17, 15) is 8.42 Å². The fraction of sp³-hybridized carbons (Fsp3) is 0.400. The number of hydrogen-bond acceptors (Lipinski definition) is 2. The van der Waals surface area contributed by atoms with Crippen LogP contribution < -0.4 is 0 Å². The largest absolute Gasteiger partial charge is 0.338 e. The zero-order valence-electron chi connectivity index (χ0n) is 4.55. The van der Waals surface area contributed by atoms with Crippen molar-refractivity contribution in [2.24, 2.45) is 0 Å². The van der Waals surface area contributed by atoms with Gasteiger partial charge in [-0.05, 0) is 0 Å². The summed E-state index contributed by atoms with van der Waals surface area (Å²) < 4.78 is 20.1. The van der Waals surface area contributed by atoms with E-state index < -0.39 is 10.3 Å². The van der Waals surface area contributed by atoms with Gasteiger partial charge in [0.1, 0.15) is 6.42 Å². The molecule has 8 heavy (non-hydrogen) atoms. The van der Waals surface area contributed by atoms with Crippen molar-refractivity contribution in [3.05, 3.63) is 13.8 Å². The Hall–Kier alpha value is -0.440. The third-order valence-corrected chi connectivity index (χ3v) is 1.67. The molecule has 0 saturated heterocycles. The van der Waals surface area contributed by atoms with Gasteiger partial charge in [0, 0.05) is 0 Å². The molecule has 0 fully saturated rings. The fourth-order valence-electron chi connectivity index (χ4n) is 0.292. The molecule has 0 aliphatic heterocycles. The van der Waals surface area contributed by atoms with Crippen LogP contribution in [0.5, 0.6) is 0 Å². The molecule has 0 aromatic rings. The van der Waals surface area contributed by atoms with Crippen molar-refractivity contribution in [1.29, 1.82) is 0 Å². The highest BCUT2D eigenvalue weighted by molar-refractivity contribution is 7.73. The Morgan fingerprint density at radius 2 is 2.12 bits per heavy atom. The summed E-state index contributed by atoms with van der Waals surface area (Å²) in [5, 5.41) is 0. The van der Waals surface area contributed by atoms with Crippen LogP contribution in [0, 0.1) is 13.8 Å². The molecule has 0 radical (unpaired) electrons. The van der Waals surface area contributed by atoms with Crippen LogP contribution in [0.15, 0.2) is 0 Å². The summed E-state index contributed by atoms with van der Waals surface area (Å²) in [4.78, 5) is 0.380. The van der Waals surface area contributed by atoms with Gasteiger partial charge < -0.3 is 6.92 Å². The molecular weight excluding hydrogens is 124 g/mol. The molecule has 46 valence electrons. The minimum atomic E-state index is -2.06. The maximum absolute atomic E-state index is 10.0. The molecule has 0 bridgehead atoms. The van der Waals surface area contributed by atoms with Crippen LogP contribution in [0.3, 0.4) is 0 Å². The van der Waals surface area contributed by atoms with Gasteiger partial charge in [-0.3, -0.25) is 0 Å². The maximum atomic E-state index is 10.0. The molecule has 0 aliphatic carbocycles. The minimum Gasteiger partial charge on any atom is -0.338 e. The quantitative estimate of drug-likeness (QED) is 0.404. The second-order valence-corrected chi connectivity index (χ2v) is 2.32. The van der Waals surface area contributed by atoms with E-state index in [4.69, 9.17) is 0 Å². The summed E-state index contributed by atoms with van der Waals surface area (Å²) in [5.41, 5.74) is 0. The summed E-state index contributed by atoms with van der Waals surface area (Å²) in [6.07, 6.45) is 0.666. The molecule has 0 atom stereocenters. The first-order valence-electron chi connectivity index (χ1n) is 2.24. The van der Waals surface area contributed by atoms with E-state index in [2.05, 4.69) is 13.8 Å². The van der Waals surface area contributed by atoms with Gasteiger partial charge in [-0.1, -0.05) is 0 Å². The second-order valence-electron chi connectivity index (χ2n) is 1.27. The first-order chi connectivity index (χ1) is 3.72. The molecule has 0 unspecified atom stereocenters. The van der Waals surface area contributed by atoms with Gasteiger partial charge in [0.2, 0.25) is 10.3 Å². The van der Waals surface area contributed by atoms with Crippen LogP contribution in [0.1, 0.15) is 12.8 Å². The average molecular weight is 132 g/mol. The van der Waals surface area contributed by atoms with E-state index in [-0.39, 0.29) is 0 Å². The SMILES string of the molecule is [CH2+]CC(C[CH2-])=S(=O)=O. The number of hydrogen-bond donors (Lipinski definition) is 0. The van der Waals surface area contributed by atoms with Gasteiger partial charge in [-0.25, -0.2) is 0 Å². The minimum absolute atomic E-state index is 0.333. The van der Waals surface area contributed by atoms with Gasteiger partial charge in [-0.15, -0.1) is 6.42 Å². The fourth-order valence-corrected chi connectivity index (χ4v) is 0.625. The van der Waals surface area contributed by atoms with Crippen molar-refractivity contribution in [3.8, 4) is 0 Å². The Morgan fingerprint density at radius 3 is 2.12 bits per heavy atom. The molecule has 0 aromatic carbocycles. The standard InChI is InChI=1S/C5H8O2S/c1-3-5(4-2)8(6)7/h1-4H2. The molecule has 3 heteroatoms. The van der Waals surface area contributed by atoms with Gasteiger partial charge in [-0.2, -0.15) is 8.42 Å². The lowest BCUT2D eigenvalue weighted by Gasteiger charge is -1.87. The Morgan fingerprint density at radius 1 is 1.62 bits per heavy atom. The van der Waals surface area contributed by atoms with Crippen molar-refractivity contribution in [1.82, 2.24) is 0 Å². The molecular formula is C5H8O2S. The van der Waals surface area contributed by atoms with Crippen molar-refractivity contribution in [3.63, 3.8) is 0 Å².